The molecule has 2 rings (SSSR count). The summed E-state index contributed by atoms with van der Waals surface area (Å²) in [7, 11) is 4.95. The molecule has 0 fully saturated rings. The van der Waals surface area contributed by atoms with Crippen molar-refractivity contribution in [3.63, 3.8) is 0 Å². The predicted octanol–water partition coefficient (Wildman–Crippen LogP) is 3.02. The third-order valence-corrected chi connectivity index (χ3v) is 4.07. The van der Waals surface area contributed by atoms with Crippen LogP contribution < -0.4 is 24.8 Å². The number of hydrogen-bond donors (Lipinski definition) is 2. The van der Waals surface area contributed by atoms with Crippen LogP contribution in [0.2, 0.25) is 0 Å². The van der Waals surface area contributed by atoms with Crippen molar-refractivity contribution in [1.29, 1.82) is 0 Å². The number of halogens is 1. The van der Waals surface area contributed by atoms with E-state index in [4.69, 9.17) is 14.2 Å². The molecule has 1 unspecified atom stereocenters. The molecule has 28 heavy (non-hydrogen) atoms. The number of hydrogen-bond acceptors (Lipinski definition) is 4. The van der Waals surface area contributed by atoms with Gasteiger partial charge >= 0.3 is 0 Å². The SMILES string of the molecule is CN=C(NCCc1ccc(OC)c(OC)c1)NCC(C)Oc1cccc(F)c1. The number of nitrogens with one attached hydrogen (secondary N) is 2. The quantitative estimate of drug-likeness (QED) is 0.510. The highest BCUT2D eigenvalue weighted by Gasteiger charge is 2.07. The smallest absolute Gasteiger partial charge is 0.191 e. The lowest BCUT2D eigenvalue weighted by Crippen LogP contribution is -2.42. The number of methoxy groups -OCH3 is 2. The van der Waals surface area contributed by atoms with Crippen LogP contribution in [0.5, 0.6) is 17.2 Å². The molecule has 2 N–H and O–H groups in total. The fourth-order valence-electron chi connectivity index (χ4n) is 2.64. The second-order valence-corrected chi connectivity index (χ2v) is 6.21. The lowest BCUT2D eigenvalue weighted by molar-refractivity contribution is 0.223. The third-order valence-electron chi connectivity index (χ3n) is 4.07. The first kappa shape index (κ1) is 21.3. The summed E-state index contributed by atoms with van der Waals surface area (Å²) >= 11 is 0. The Hall–Kier alpha value is -2.96. The van der Waals surface area contributed by atoms with Gasteiger partial charge < -0.3 is 24.8 Å². The van der Waals surface area contributed by atoms with Crippen molar-refractivity contribution >= 4 is 5.96 Å². The highest BCUT2D eigenvalue weighted by molar-refractivity contribution is 5.79. The van der Waals surface area contributed by atoms with Crippen molar-refractivity contribution in [2.75, 3.05) is 34.4 Å². The van der Waals surface area contributed by atoms with Gasteiger partial charge in [0.1, 0.15) is 17.7 Å². The number of benzene rings is 2. The molecule has 0 aliphatic carbocycles. The third kappa shape index (κ3) is 6.64. The number of nitrogens with zero attached hydrogens (tertiary/aromatic N) is 1. The fraction of sp³-hybridized carbons (Fsp3) is 0.381. The predicted molar refractivity (Wildman–Crippen MR) is 109 cm³/mol. The van der Waals surface area contributed by atoms with Gasteiger partial charge in [-0.2, -0.15) is 0 Å². The van der Waals surface area contributed by atoms with E-state index in [0.717, 1.165) is 12.0 Å². The molecule has 0 aliphatic heterocycles. The Morgan fingerprint density at radius 1 is 1.07 bits per heavy atom. The minimum atomic E-state index is -0.315. The Labute approximate surface area is 165 Å². The van der Waals surface area contributed by atoms with Gasteiger partial charge in [-0.3, -0.25) is 4.99 Å². The fourth-order valence-corrected chi connectivity index (χ4v) is 2.64. The van der Waals surface area contributed by atoms with Crippen molar-refractivity contribution < 1.29 is 18.6 Å². The van der Waals surface area contributed by atoms with Gasteiger partial charge in [-0.05, 0) is 43.2 Å². The van der Waals surface area contributed by atoms with Crippen LogP contribution in [0.1, 0.15) is 12.5 Å². The van der Waals surface area contributed by atoms with Gasteiger partial charge in [0.25, 0.3) is 0 Å². The van der Waals surface area contributed by atoms with Crippen molar-refractivity contribution in [3.8, 4) is 17.2 Å². The maximum absolute atomic E-state index is 13.2. The van der Waals surface area contributed by atoms with Crippen molar-refractivity contribution in [3.05, 3.63) is 53.8 Å². The summed E-state index contributed by atoms with van der Waals surface area (Å²) in [5.41, 5.74) is 1.13. The Kier molecular flexibility index (Phi) is 8.39. The zero-order chi connectivity index (χ0) is 20.4. The maximum atomic E-state index is 13.2. The number of ether oxygens (including phenoxy) is 3. The number of rotatable bonds is 9. The van der Waals surface area contributed by atoms with Crippen LogP contribution in [0.3, 0.4) is 0 Å². The van der Waals surface area contributed by atoms with Crippen LogP contribution in [0.25, 0.3) is 0 Å². The van der Waals surface area contributed by atoms with Gasteiger partial charge in [0.15, 0.2) is 17.5 Å². The van der Waals surface area contributed by atoms with Crippen molar-refractivity contribution in [2.24, 2.45) is 4.99 Å². The molecule has 0 radical (unpaired) electrons. The Bertz CT molecular complexity index is 783. The van der Waals surface area contributed by atoms with E-state index >= 15 is 0 Å². The van der Waals surface area contributed by atoms with E-state index in [2.05, 4.69) is 15.6 Å². The summed E-state index contributed by atoms with van der Waals surface area (Å²) in [6.07, 6.45) is 0.655. The van der Waals surface area contributed by atoms with Crippen LogP contribution in [0, 0.1) is 5.82 Å². The van der Waals surface area contributed by atoms with E-state index in [1.165, 1.54) is 12.1 Å². The second-order valence-electron chi connectivity index (χ2n) is 6.21. The van der Waals surface area contributed by atoms with Gasteiger partial charge in [0.2, 0.25) is 0 Å². The first-order chi connectivity index (χ1) is 13.5. The van der Waals surface area contributed by atoms with Crippen molar-refractivity contribution in [2.45, 2.75) is 19.4 Å². The van der Waals surface area contributed by atoms with Crippen LogP contribution in [-0.4, -0.2) is 46.4 Å². The molecule has 6 nitrogen and oxygen atoms in total. The van der Waals surface area contributed by atoms with Crippen LogP contribution in [0.4, 0.5) is 4.39 Å². The van der Waals surface area contributed by atoms with Gasteiger partial charge in [-0.15, -0.1) is 0 Å². The van der Waals surface area contributed by atoms with Crippen molar-refractivity contribution in [1.82, 2.24) is 10.6 Å². The summed E-state index contributed by atoms with van der Waals surface area (Å²) < 4.78 is 29.5. The summed E-state index contributed by atoms with van der Waals surface area (Å²) in [4.78, 5) is 4.21. The van der Waals surface area contributed by atoms with E-state index in [1.807, 2.05) is 25.1 Å². The molecule has 0 bridgehead atoms. The lowest BCUT2D eigenvalue weighted by atomic mass is 10.1. The van der Waals surface area contributed by atoms with Crippen LogP contribution >= 0.6 is 0 Å². The molecule has 0 aromatic heterocycles. The summed E-state index contributed by atoms with van der Waals surface area (Å²) in [5.74, 6) is 2.29. The van der Waals surface area contributed by atoms with E-state index in [0.29, 0.717) is 36.3 Å². The second kappa shape index (κ2) is 11.0. The van der Waals surface area contributed by atoms with Gasteiger partial charge in [-0.1, -0.05) is 12.1 Å². The topological polar surface area (TPSA) is 64.1 Å². The van der Waals surface area contributed by atoms with E-state index in [-0.39, 0.29) is 11.9 Å². The van der Waals surface area contributed by atoms with E-state index in [9.17, 15) is 4.39 Å². The van der Waals surface area contributed by atoms with Gasteiger partial charge in [0.05, 0.1) is 20.8 Å². The molecule has 0 amide bonds. The highest BCUT2D eigenvalue weighted by Crippen LogP contribution is 2.27. The molecule has 0 spiro atoms. The zero-order valence-electron chi connectivity index (χ0n) is 16.8. The molecule has 0 heterocycles. The molecule has 0 aliphatic rings. The van der Waals surface area contributed by atoms with E-state index < -0.39 is 0 Å². The van der Waals surface area contributed by atoms with Gasteiger partial charge in [0, 0.05) is 19.7 Å². The average molecular weight is 389 g/mol. The molecular weight excluding hydrogens is 361 g/mol. The number of aliphatic imine (C=N–C) groups is 1. The molecule has 152 valence electrons. The zero-order valence-corrected chi connectivity index (χ0v) is 16.8. The monoisotopic (exact) mass is 389 g/mol. The maximum Gasteiger partial charge on any atom is 0.191 e. The number of guanidine groups is 1. The summed E-state index contributed by atoms with van der Waals surface area (Å²) in [6.45, 7) is 3.15. The molecule has 1 atom stereocenters. The van der Waals surface area contributed by atoms with Gasteiger partial charge in [-0.25, -0.2) is 4.39 Å². The molecule has 0 saturated carbocycles. The molecule has 0 saturated heterocycles. The first-order valence-corrected chi connectivity index (χ1v) is 9.13. The standard InChI is InChI=1S/C21H28FN3O3/c1-15(28-18-7-5-6-17(22)13-18)14-25-21(23-2)24-11-10-16-8-9-19(26-3)20(12-16)27-4/h5-9,12-13,15H,10-11,14H2,1-4H3,(H2,23,24,25). The molecule has 2 aromatic rings. The van der Waals surface area contributed by atoms with Crippen LogP contribution in [-0.2, 0) is 6.42 Å². The minimum Gasteiger partial charge on any atom is -0.493 e. The minimum absolute atomic E-state index is 0.147. The summed E-state index contributed by atoms with van der Waals surface area (Å²) in [6, 6.07) is 12.0. The largest absolute Gasteiger partial charge is 0.493 e. The molecular formula is C21H28FN3O3. The first-order valence-electron chi connectivity index (χ1n) is 9.13. The van der Waals surface area contributed by atoms with Crippen LogP contribution in [0.15, 0.2) is 47.5 Å². The Morgan fingerprint density at radius 3 is 2.54 bits per heavy atom. The lowest BCUT2D eigenvalue weighted by Gasteiger charge is -2.18. The highest BCUT2D eigenvalue weighted by atomic mass is 19.1. The molecule has 2 aromatic carbocycles. The average Bonchev–Trinajstić information content (AvgIpc) is 2.70. The Balaban J connectivity index is 1.77. The Morgan fingerprint density at radius 2 is 1.86 bits per heavy atom. The summed E-state index contributed by atoms with van der Waals surface area (Å²) in [5, 5.41) is 6.47. The van der Waals surface area contributed by atoms with E-state index in [1.54, 1.807) is 33.4 Å². The molecule has 7 heteroatoms. The normalized spacial score (nSPS) is 12.2.